The van der Waals surface area contributed by atoms with Gasteiger partial charge in [-0.3, -0.25) is 4.90 Å². The average molecular weight is 333 g/mol. The molecule has 0 aliphatic carbocycles. The van der Waals surface area contributed by atoms with Crippen LogP contribution in [0.15, 0.2) is 0 Å². The van der Waals surface area contributed by atoms with Crippen LogP contribution in [-0.4, -0.2) is 86.4 Å². The second kappa shape index (κ2) is 6.90. The van der Waals surface area contributed by atoms with Crippen molar-refractivity contribution < 1.29 is 31.5 Å². The summed E-state index contributed by atoms with van der Waals surface area (Å²) < 4.78 is 56.0. The van der Waals surface area contributed by atoms with Crippen LogP contribution in [0, 0.1) is 0 Å². The molecule has 7 nitrogen and oxygen atoms in total. The zero-order chi connectivity index (χ0) is 16.3. The Morgan fingerprint density at radius 1 is 1.29 bits per heavy atom. The van der Waals surface area contributed by atoms with E-state index in [1.807, 2.05) is 0 Å². The fourth-order valence-electron chi connectivity index (χ4n) is 2.14. The molecule has 21 heavy (non-hydrogen) atoms. The minimum atomic E-state index is -5.08. The summed E-state index contributed by atoms with van der Waals surface area (Å²) in [6, 6.07) is 0.368. The van der Waals surface area contributed by atoms with E-state index in [0.717, 1.165) is 26.2 Å². The van der Waals surface area contributed by atoms with E-state index in [9.17, 15) is 21.6 Å². The van der Waals surface area contributed by atoms with Crippen molar-refractivity contribution in [2.75, 3.05) is 45.5 Å². The summed E-state index contributed by atoms with van der Waals surface area (Å²) in [4.78, 5) is 11.3. The second-order valence-corrected chi connectivity index (χ2v) is 6.80. The highest BCUT2D eigenvalue weighted by Gasteiger charge is 2.38. The Morgan fingerprint density at radius 2 is 1.86 bits per heavy atom. The number of nitrogens with one attached hydrogen (secondary N) is 1. The van der Waals surface area contributed by atoms with Crippen molar-refractivity contribution in [2.24, 2.45) is 0 Å². The first-order valence-corrected chi connectivity index (χ1v) is 8.06. The molecule has 0 amide bonds. The van der Waals surface area contributed by atoms with Crippen LogP contribution in [0.2, 0.25) is 0 Å². The van der Waals surface area contributed by atoms with E-state index < -0.39 is 22.2 Å². The Labute approximate surface area is 120 Å². The van der Waals surface area contributed by atoms with Crippen LogP contribution in [0.1, 0.15) is 0 Å². The summed E-state index contributed by atoms with van der Waals surface area (Å²) in [5, 5.41) is 10.4. The molecule has 0 saturated carbocycles. The first-order valence-electron chi connectivity index (χ1n) is 6.22. The second-order valence-electron chi connectivity index (χ2n) is 4.82. The lowest BCUT2D eigenvalue weighted by atomic mass is 10.1. The van der Waals surface area contributed by atoms with Gasteiger partial charge in [-0.1, -0.05) is 0 Å². The lowest BCUT2D eigenvalue weighted by Gasteiger charge is -2.43. The minimum absolute atomic E-state index is 0.368. The summed E-state index contributed by atoms with van der Waals surface area (Å²) in [6.45, 7) is 5.14. The molecule has 2 aliphatic rings. The lowest BCUT2D eigenvalue weighted by molar-refractivity contribution is -0.192. The van der Waals surface area contributed by atoms with Gasteiger partial charge >= 0.3 is 12.1 Å². The molecule has 0 radical (unpaired) electrons. The number of rotatable bonds is 1. The van der Waals surface area contributed by atoms with E-state index in [1.165, 1.54) is 6.26 Å². The van der Waals surface area contributed by atoms with Gasteiger partial charge in [0.25, 0.3) is 0 Å². The molecule has 2 saturated heterocycles. The van der Waals surface area contributed by atoms with Crippen molar-refractivity contribution in [3.8, 4) is 0 Å². The van der Waals surface area contributed by atoms with Gasteiger partial charge in [0, 0.05) is 45.3 Å². The highest BCUT2D eigenvalue weighted by Crippen LogP contribution is 2.14. The van der Waals surface area contributed by atoms with Gasteiger partial charge in [-0.2, -0.15) is 17.5 Å². The molecule has 11 heteroatoms. The average Bonchev–Trinajstić information content (AvgIpc) is 2.36. The van der Waals surface area contributed by atoms with Gasteiger partial charge in [0.1, 0.15) is 0 Å². The van der Waals surface area contributed by atoms with Crippen molar-refractivity contribution in [3.05, 3.63) is 0 Å². The number of piperazine rings is 2. The molecule has 1 atom stereocenters. The number of hydrogen-bond acceptors (Lipinski definition) is 5. The Hall–Kier alpha value is -0.910. The van der Waals surface area contributed by atoms with Gasteiger partial charge in [-0.25, -0.2) is 13.2 Å². The predicted octanol–water partition coefficient (Wildman–Crippen LogP) is -0.831. The molecule has 2 fully saturated rings. The van der Waals surface area contributed by atoms with Crippen LogP contribution in [0.3, 0.4) is 0 Å². The Kier molecular flexibility index (Phi) is 5.96. The first kappa shape index (κ1) is 18.1. The van der Waals surface area contributed by atoms with Crippen LogP contribution in [0.5, 0.6) is 0 Å². The number of alkyl halides is 3. The summed E-state index contributed by atoms with van der Waals surface area (Å²) in [7, 11) is -3.00. The number of fused-ring (bicyclic) bond motifs is 1. The maximum atomic E-state index is 11.3. The maximum Gasteiger partial charge on any atom is 0.490 e. The molecule has 0 aromatic carbocycles. The van der Waals surface area contributed by atoms with Crippen LogP contribution in [0.4, 0.5) is 13.2 Å². The maximum absolute atomic E-state index is 11.3. The zero-order valence-corrected chi connectivity index (χ0v) is 12.2. The Balaban J connectivity index is 0.000000270. The summed E-state index contributed by atoms with van der Waals surface area (Å²) >= 11 is 0. The van der Waals surface area contributed by atoms with Crippen molar-refractivity contribution >= 4 is 16.0 Å². The van der Waals surface area contributed by atoms with E-state index in [0.29, 0.717) is 19.1 Å². The number of halogens is 3. The number of carboxylic acids is 1. The van der Waals surface area contributed by atoms with Gasteiger partial charge in [0.2, 0.25) is 10.0 Å². The van der Waals surface area contributed by atoms with E-state index >= 15 is 0 Å². The fraction of sp³-hybridized carbons (Fsp3) is 0.900. The number of carbonyl (C=O) groups is 1. The van der Waals surface area contributed by atoms with Crippen LogP contribution in [0.25, 0.3) is 0 Å². The Bertz CT molecular complexity index is 469. The van der Waals surface area contributed by atoms with E-state index in [4.69, 9.17) is 9.90 Å². The SMILES string of the molecule is CS(=O)(=O)N1CCN2CCNCC2C1.O=C(O)C(F)(F)F. The third-order valence-corrected chi connectivity index (χ3v) is 4.50. The van der Waals surface area contributed by atoms with Crippen LogP contribution in [-0.2, 0) is 14.8 Å². The van der Waals surface area contributed by atoms with Crippen molar-refractivity contribution in [3.63, 3.8) is 0 Å². The zero-order valence-electron chi connectivity index (χ0n) is 11.4. The monoisotopic (exact) mass is 333 g/mol. The first-order chi connectivity index (χ1) is 9.51. The smallest absolute Gasteiger partial charge is 0.475 e. The quantitative estimate of drug-likeness (QED) is 0.651. The molecule has 1 unspecified atom stereocenters. The largest absolute Gasteiger partial charge is 0.490 e. The number of carboxylic acid groups (broad SMARTS) is 1. The van der Waals surface area contributed by atoms with E-state index in [-0.39, 0.29) is 0 Å². The number of hydrogen-bond donors (Lipinski definition) is 2. The molecule has 2 rings (SSSR count). The molecule has 0 spiro atoms. The predicted molar refractivity (Wildman–Crippen MR) is 68.3 cm³/mol. The molecule has 124 valence electrons. The van der Waals surface area contributed by atoms with Crippen LogP contribution >= 0.6 is 0 Å². The lowest BCUT2D eigenvalue weighted by Crippen LogP contribution is -2.61. The normalized spacial score (nSPS) is 24.7. The molecular weight excluding hydrogens is 315 g/mol. The molecule has 2 heterocycles. The summed E-state index contributed by atoms with van der Waals surface area (Å²) in [5.74, 6) is -2.76. The molecule has 2 aliphatic heterocycles. The van der Waals surface area contributed by atoms with Gasteiger partial charge in [0.15, 0.2) is 0 Å². The minimum Gasteiger partial charge on any atom is -0.475 e. The molecule has 0 bridgehead atoms. The molecule has 0 aromatic rings. The van der Waals surface area contributed by atoms with Gasteiger partial charge < -0.3 is 10.4 Å². The molecule has 2 N–H and O–H groups in total. The Morgan fingerprint density at radius 3 is 2.33 bits per heavy atom. The topological polar surface area (TPSA) is 90.0 Å². The number of sulfonamides is 1. The van der Waals surface area contributed by atoms with Gasteiger partial charge in [-0.05, 0) is 0 Å². The summed E-state index contributed by atoms with van der Waals surface area (Å²) in [6.07, 6.45) is -3.79. The van der Waals surface area contributed by atoms with Crippen LogP contribution < -0.4 is 5.32 Å². The van der Waals surface area contributed by atoms with E-state index in [2.05, 4.69) is 10.2 Å². The number of nitrogens with zero attached hydrogens (tertiary/aromatic N) is 2. The van der Waals surface area contributed by atoms with E-state index in [1.54, 1.807) is 4.31 Å². The highest BCUT2D eigenvalue weighted by atomic mass is 32.2. The van der Waals surface area contributed by atoms with Crippen molar-refractivity contribution in [1.82, 2.24) is 14.5 Å². The summed E-state index contributed by atoms with van der Waals surface area (Å²) in [5.41, 5.74) is 0. The molecular formula is C10H18F3N3O4S. The third kappa shape index (κ3) is 5.77. The highest BCUT2D eigenvalue weighted by molar-refractivity contribution is 7.88. The third-order valence-electron chi connectivity index (χ3n) is 3.23. The van der Waals surface area contributed by atoms with Crippen molar-refractivity contribution in [1.29, 1.82) is 0 Å². The number of aliphatic carboxylic acids is 1. The van der Waals surface area contributed by atoms with Gasteiger partial charge in [-0.15, -0.1) is 0 Å². The fourth-order valence-corrected chi connectivity index (χ4v) is 3.00. The molecule has 0 aromatic heterocycles. The van der Waals surface area contributed by atoms with Crippen molar-refractivity contribution in [2.45, 2.75) is 12.2 Å². The van der Waals surface area contributed by atoms with Gasteiger partial charge in [0.05, 0.1) is 6.26 Å². The standard InChI is InChI=1S/C8H17N3O2S.C2HF3O2/c1-14(12,13)11-5-4-10-3-2-9-6-8(10)7-11;3-2(4,5)1(6)7/h8-9H,2-7H2,1H3;(H,6,7).